The SMILES string of the molecule is c1ccc(CSc2cncc(NC3CC4CCC3O4)n2)cc1. The third kappa shape index (κ3) is 3.10. The van der Waals surface area contributed by atoms with Gasteiger partial charge in [-0.2, -0.15) is 0 Å². The first-order chi connectivity index (χ1) is 10.9. The maximum Gasteiger partial charge on any atom is 0.146 e. The smallest absolute Gasteiger partial charge is 0.146 e. The van der Waals surface area contributed by atoms with E-state index in [2.05, 4.69) is 39.6 Å². The van der Waals surface area contributed by atoms with Gasteiger partial charge in [0.2, 0.25) is 0 Å². The number of hydrogen-bond acceptors (Lipinski definition) is 5. The Hall–Kier alpha value is -1.59. The maximum absolute atomic E-state index is 5.88. The van der Waals surface area contributed by atoms with Crippen LogP contribution in [-0.4, -0.2) is 28.2 Å². The van der Waals surface area contributed by atoms with Crippen molar-refractivity contribution in [1.29, 1.82) is 0 Å². The maximum atomic E-state index is 5.88. The summed E-state index contributed by atoms with van der Waals surface area (Å²) in [5.41, 5.74) is 1.30. The van der Waals surface area contributed by atoms with Gasteiger partial charge in [-0.15, -0.1) is 11.8 Å². The Morgan fingerprint density at radius 2 is 2.09 bits per heavy atom. The first-order valence-corrected chi connectivity index (χ1v) is 8.76. The summed E-state index contributed by atoms with van der Waals surface area (Å²) in [7, 11) is 0. The minimum atomic E-state index is 0.354. The molecule has 0 spiro atoms. The number of ether oxygens (including phenoxy) is 1. The van der Waals surface area contributed by atoms with Crippen LogP contribution in [0.1, 0.15) is 24.8 Å². The van der Waals surface area contributed by atoms with E-state index in [4.69, 9.17) is 4.74 Å². The van der Waals surface area contributed by atoms with E-state index in [0.717, 1.165) is 29.4 Å². The summed E-state index contributed by atoms with van der Waals surface area (Å²) in [5, 5.41) is 4.46. The Morgan fingerprint density at radius 1 is 1.18 bits per heavy atom. The molecule has 2 aromatic rings. The van der Waals surface area contributed by atoms with Crippen LogP contribution in [0.25, 0.3) is 0 Å². The predicted octanol–water partition coefficient (Wildman–Crippen LogP) is 3.50. The van der Waals surface area contributed by atoms with Crippen molar-refractivity contribution in [2.24, 2.45) is 0 Å². The van der Waals surface area contributed by atoms with Gasteiger partial charge in [-0.05, 0) is 24.8 Å². The quantitative estimate of drug-likeness (QED) is 0.856. The normalized spacial score (nSPS) is 26.3. The molecule has 0 amide bonds. The van der Waals surface area contributed by atoms with Gasteiger partial charge in [0.15, 0.2) is 0 Å². The largest absolute Gasteiger partial charge is 0.373 e. The van der Waals surface area contributed by atoms with Gasteiger partial charge in [0.1, 0.15) is 10.8 Å². The van der Waals surface area contributed by atoms with Crippen molar-refractivity contribution in [3.63, 3.8) is 0 Å². The second-order valence-corrected chi connectivity index (χ2v) is 6.87. The zero-order valence-electron chi connectivity index (χ0n) is 12.3. The van der Waals surface area contributed by atoms with Gasteiger partial charge < -0.3 is 10.1 Å². The van der Waals surface area contributed by atoms with Crippen molar-refractivity contribution in [2.75, 3.05) is 5.32 Å². The molecule has 2 aliphatic heterocycles. The summed E-state index contributed by atoms with van der Waals surface area (Å²) < 4.78 is 5.88. The molecule has 3 unspecified atom stereocenters. The highest BCUT2D eigenvalue weighted by Crippen LogP contribution is 2.35. The lowest BCUT2D eigenvalue weighted by Gasteiger charge is -2.20. The summed E-state index contributed by atoms with van der Waals surface area (Å²) >= 11 is 1.72. The number of fused-ring (bicyclic) bond motifs is 2. The summed E-state index contributed by atoms with van der Waals surface area (Å²) in [5.74, 6) is 1.77. The molecule has 4 nitrogen and oxygen atoms in total. The Morgan fingerprint density at radius 3 is 2.86 bits per heavy atom. The molecule has 3 atom stereocenters. The van der Waals surface area contributed by atoms with Crippen LogP contribution in [0.15, 0.2) is 47.8 Å². The average molecular weight is 313 g/mol. The molecule has 2 bridgehead atoms. The average Bonchev–Trinajstić information content (AvgIpc) is 3.17. The molecule has 1 N–H and O–H groups in total. The molecule has 0 radical (unpaired) electrons. The second kappa shape index (κ2) is 6.26. The van der Waals surface area contributed by atoms with Gasteiger partial charge in [-0.3, -0.25) is 4.98 Å². The standard InChI is InChI=1S/C17H19N3OS/c1-2-4-12(5-3-1)11-22-17-10-18-9-16(20-17)19-14-8-13-6-7-15(14)21-13/h1-5,9-10,13-15H,6-8,11H2,(H,19,20). The van der Waals surface area contributed by atoms with E-state index in [9.17, 15) is 0 Å². The van der Waals surface area contributed by atoms with Gasteiger partial charge in [-0.1, -0.05) is 30.3 Å². The monoisotopic (exact) mass is 313 g/mol. The van der Waals surface area contributed by atoms with Crippen molar-refractivity contribution in [2.45, 2.75) is 48.3 Å². The molecule has 22 heavy (non-hydrogen) atoms. The fourth-order valence-corrected chi connectivity index (χ4v) is 4.00. The number of hydrogen-bond donors (Lipinski definition) is 1. The molecule has 2 fully saturated rings. The molecule has 114 valence electrons. The van der Waals surface area contributed by atoms with E-state index < -0.39 is 0 Å². The van der Waals surface area contributed by atoms with Crippen LogP contribution in [0.3, 0.4) is 0 Å². The van der Waals surface area contributed by atoms with E-state index in [1.54, 1.807) is 18.0 Å². The van der Waals surface area contributed by atoms with Crippen molar-refractivity contribution < 1.29 is 4.74 Å². The molecule has 2 aliphatic rings. The van der Waals surface area contributed by atoms with Gasteiger partial charge >= 0.3 is 0 Å². The lowest BCUT2D eigenvalue weighted by Crippen LogP contribution is -2.30. The minimum absolute atomic E-state index is 0.354. The zero-order valence-corrected chi connectivity index (χ0v) is 13.1. The van der Waals surface area contributed by atoms with Crippen LogP contribution < -0.4 is 5.32 Å². The van der Waals surface area contributed by atoms with E-state index in [1.807, 2.05) is 12.3 Å². The molecule has 2 saturated heterocycles. The van der Waals surface area contributed by atoms with E-state index in [-0.39, 0.29) is 0 Å². The molecule has 4 rings (SSSR count). The lowest BCUT2D eigenvalue weighted by atomic mass is 9.95. The number of thioether (sulfide) groups is 1. The van der Waals surface area contributed by atoms with Gasteiger partial charge in [-0.25, -0.2) is 4.98 Å². The third-order valence-corrected chi connectivity index (χ3v) is 5.25. The van der Waals surface area contributed by atoms with Crippen LogP contribution in [0, 0.1) is 0 Å². The fraction of sp³-hybridized carbons (Fsp3) is 0.412. The highest BCUT2D eigenvalue weighted by molar-refractivity contribution is 7.98. The van der Waals surface area contributed by atoms with E-state index >= 15 is 0 Å². The topological polar surface area (TPSA) is 47.0 Å². The highest BCUT2D eigenvalue weighted by Gasteiger charge is 2.40. The van der Waals surface area contributed by atoms with Crippen LogP contribution in [0.2, 0.25) is 0 Å². The lowest BCUT2D eigenvalue weighted by molar-refractivity contribution is 0.102. The molecule has 1 aromatic heterocycles. The Balaban J connectivity index is 1.38. The summed E-state index contributed by atoms with van der Waals surface area (Å²) in [6.45, 7) is 0. The van der Waals surface area contributed by atoms with Crippen LogP contribution in [-0.2, 0) is 10.5 Å². The Labute approximate surface area is 134 Å². The van der Waals surface area contributed by atoms with Crippen LogP contribution in [0.5, 0.6) is 0 Å². The van der Waals surface area contributed by atoms with Crippen LogP contribution >= 0.6 is 11.8 Å². The van der Waals surface area contributed by atoms with Gasteiger partial charge in [0.25, 0.3) is 0 Å². The van der Waals surface area contributed by atoms with Crippen molar-refractivity contribution >= 4 is 17.6 Å². The van der Waals surface area contributed by atoms with Crippen molar-refractivity contribution in [3.05, 3.63) is 48.3 Å². The minimum Gasteiger partial charge on any atom is -0.373 e. The number of nitrogens with zero attached hydrogens (tertiary/aromatic N) is 2. The third-order valence-electron chi connectivity index (χ3n) is 4.28. The van der Waals surface area contributed by atoms with Crippen LogP contribution in [0.4, 0.5) is 5.82 Å². The summed E-state index contributed by atoms with van der Waals surface area (Å²) in [6, 6.07) is 10.8. The zero-order chi connectivity index (χ0) is 14.8. The molecular weight excluding hydrogens is 294 g/mol. The molecule has 0 saturated carbocycles. The number of nitrogens with one attached hydrogen (secondary N) is 1. The van der Waals surface area contributed by atoms with Gasteiger partial charge in [0, 0.05) is 5.75 Å². The van der Waals surface area contributed by atoms with E-state index in [0.29, 0.717) is 18.2 Å². The summed E-state index contributed by atoms with van der Waals surface area (Å²) in [4.78, 5) is 8.98. The first-order valence-electron chi connectivity index (χ1n) is 7.77. The van der Waals surface area contributed by atoms with Crippen molar-refractivity contribution in [1.82, 2.24) is 9.97 Å². The van der Waals surface area contributed by atoms with E-state index in [1.165, 1.54) is 12.0 Å². The molecule has 5 heteroatoms. The number of rotatable bonds is 5. The van der Waals surface area contributed by atoms with Gasteiger partial charge in [0.05, 0.1) is 30.6 Å². The highest BCUT2D eigenvalue weighted by atomic mass is 32.2. The summed E-state index contributed by atoms with van der Waals surface area (Å²) in [6.07, 6.45) is 7.90. The number of anilines is 1. The number of aromatic nitrogens is 2. The molecule has 1 aromatic carbocycles. The molecule has 0 aliphatic carbocycles. The first kappa shape index (κ1) is 14.0. The molecular formula is C17H19N3OS. The second-order valence-electron chi connectivity index (χ2n) is 5.88. The Bertz CT molecular complexity index is 637. The Kier molecular flexibility index (Phi) is 3.99. The fourth-order valence-electron chi connectivity index (χ4n) is 3.20. The predicted molar refractivity (Wildman–Crippen MR) is 88.0 cm³/mol. The number of benzene rings is 1. The van der Waals surface area contributed by atoms with Crippen molar-refractivity contribution in [3.8, 4) is 0 Å². The molecule has 3 heterocycles.